The minimum atomic E-state index is 0.719. The fourth-order valence-electron chi connectivity index (χ4n) is 1.04. The van der Waals surface area contributed by atoms with Crippen LogP contribution in [-0.2, 0) is 5.75 Å². The number of hydrogen-bond donors (Lipinski definition) is 0. The molecular formula is C10H12Cl2S. The van der Waals surface area contributed by atoms with Gasteiger partial charge in [-0.25, -0.2) is 0 Å². The molecule has 0 radical (unpaired) electrons. The van der Waals surface area contributed by atoms with Gasteiger partial charge in [0.25, 0.3) is 0 Å². The SMILES string of the molecule is Cc1cc(CSCCCl)ccc1Cl. The maximum absolute atomic E-state index is 5.91. The molecule has 0 bridgehead atoms. The standard InChI is InChI=1S/C10H12Cl2S/c1-8-6-9(2-3-10(8)12)7-13-5-4-11/h2-3,6H,4-5,7H2,1H3. The number of rotatable bonds is 4. The average molecular weight is 235 g/mol. The van der Waals surface area contributed by atoms with Crippen LogP contribution in [0.3, 0.4) is 0 Å². The molecule has 0 aliphatic heterocycles. The molecule has 0 amide bonds. The van der Waals surface area contributed by atoms with Crippen LogP contribution in [0.25, 0.3) is 0 Å². The summed E-state index contributed by atoms with van der Waals surface area (Å²) in [7, 11) is 0. The number of aryl methyl sites for hydroxylation is 1. The van der Waals surface area contributed by atoms with E-state index in [0.717, 1.165) is 28.0 Å². The first-order valence-electron chi connectivity index (χ1n) is 4.13. The van der Waals surface area contributed by atoms with Gasteiger partial charge >= 0.3 is 0 Å². The molecule has 0 aliphatic carbocycles. The highest BCUT2D eigenvalue weighted by Crippen LogP contribution is 2.19. The third-order valence-electron chi connectivity index (χ3n) is 1.71. The summed E-state index contributed by atoms with van der Waals surface area (Å²) in [6.07, 6.45) is 0. The first kappa shape index (κ1) is 11.2. The largest absolute Gasteiger partial charge is 0.156 e. The second-order valence-electron chi connectivity index (χ2n) is 2.83. The molecule has 0 saturated heterocycles. The van der Waals surface area contributed by atoms with E-state index in [4.69, 9.17) is 23.2 Å². The van der Waals surface area contributed by atoms with Crippen LogP contribution in [0.2, 0.25) is 5.02 Å². The van der Waals surface area contributed by atoms with Gasteiger partial charge in [-0.05, 0) is 24.1 Å². The third-order valence-corrected chi connectivity index (χ3v) is 3.58. The van der Waals surface area contributed by atoms with Gasteiger partial charge in [-0.15, -0.1) is 11.6 Å². The summed E-state index contributed by atoms with van der Waals surface area (Å²) < 4.78 is 0. The van der Waals surface area contributed by atoms with Gasteiger partial charge in [-0.1, -0.05) is 23.7 Å². The first-order valence-corrected chi connectivity index (χ1v) is 6.19. The Balaban J connectivity index is 2.53. The maximum Gasteiger partial charge on any atom is 0.0435 e. The van der Waals surface area contributed by atoms with Crippen molar-refractivity contribution in [1.29, 1.82) is 0 Å². The van der Waals surface area contributed by atoms with Gasteiger partial charge in [0.15, 0.2) is 0 Å². The lowest BCUT2D eigenvalue weighted by Gasteiger charge is -2.03. The van der Waals surface area contributed by atoms with Crippen molar-refractivity contribution in [3.63, 3.8) is 0 Å². The number of benzene rings is 1. The molecule has 1 aromatic carbocycles. The fraction of sp³-hybridized carbons (Fsp3) is 0.400. The Morgan fingerprint density at radius 1 is 1.38 bits per heavy atom. The van der Waals surface area contributed by atoms with Crippen molar-refractivity contribution in [3.8, 4) is 0 Å². The van der Waals surface area contributed by atoms with E-state index in [1.165, 1.54) is 5.56 Å². The third kappa shape index (κ3) is 3.80. The predicted molar refractivity (Wildman–Crippen MR) is 63.1 cm³/mol. The quantitative estimate of drug-likeness (QED) is 0.558. The van der Waals surface area contributed by atoms with Crippen LogP contribution in [0.4, 0.5) is 0 Å². The molecule has 0 heterocycles. The molecule has 0 fully saturated rings. The lowest BCUT2D eigenvalue weighted by molar-refractivity contribution is 1.35. The van der Waals surface area contributed by atoms with Gasteiger partial charge in [0.05, 0.1) is 0 Å². The van der Waals surface area contributed by atoms with E-state index in [0.29, 0.717) is 0 Å². The number of hydrogen-bond acceptors (Lipinski definition) is 1. The summed E-state index contributed by atoms with van der Waals surface area (Å²) in [6, 6.07) is 6.15. The van der Waals surface area contributed by atoms with Gasteiger partial charge in [0, 0.05) is 22.4 Å². The Bertz CT molecular complexity index is 274. The van der Waals surface area contributed by atoms with Crippen LogP contribution in [0.5, 0.6) is 0 Å². The molecule has 1 aromatic rings. The van der Waals surface area contributed by atoms with Crippen molar-refractivity contribution in [3.05, 3.63) is 34.3 Å². The monoisotopic (exact) mass is 234 g/mol. The van der Waals surface area contributed by atoms with Crippen molar-refractivity contribution < 1.29 is 0 Å². The smallest absolute Gasteiger partial charge is 0.0435 e. The van der Waals surface area contributed by atoms with E-state index >= 15 is 0 Å². The topological polar surface area (TPSA) is 0 Å². The number of alkyl halides is 1. The zero-order valence-corrected chi connectivity index (χ0v) is 9.85. The highest BCUT2D eigenvalue weighted by Gasteiger charge is 1.97. The lowest BCUT2D eigenvalue weighted by Crippen LogP contribution is -1.85. The molecule has 0 nitrogen and oxygen atoms in total. The van der Waals surface area contributed by atoms with Crippen molar-refractivity contribution >= 4 is 35.0 Å². The summed E-state index contributed by atoms with van der Waals surface area (Å²) >= 11 is 13.3. The zero-order chi connectivity index (χ0) is 9.68. The first-order chi connectivity index (χ1) is 6.24. The van der Waals surface area contributed by atoms with Crippen LogP contribution < -0.4 is 0 Å². The molecule has 0 spiro atoms. The Labute approximate surface area is 93.6 Å². The highest BCUT2D eigenvalue weighted by molar-refractivity contribution is 7.98. The molecule has 1 rings (SSSR count). The highest BCUT2D eigenvalue weighted by atomic mass is 35.5. The second kappa shape index (κ2) is 5.79. The predicted octanol–water partition coefficient (Wildman–Crippen LogP) is 4.12. The van der Waals surface area contributed by atoms with Crippen LogP contribution in [-0.4, -0.2) is 11.6 Å². The van der Waals surface area contributed by atoms with Gasteiger partial charge in [0.2, 0.25) is 0 Å². The molecule has 0 aliphatic rings. The van der Waals surface area contributed by atoms with E-state index < -0.39 is 0 Å². The molecule has 72 valence electrons. The van der Waals surface area contributed by atoms with Crippen LogP contribution in [0, 0.1) is 6.92 Å². The van der Waals surface area contributed by atoms with E-state index in [1.807, 2.05) is 24.8 Å². The molecule has 0 N–H and O–H groups in total. The van der Waals surface area contributed by atoms with E-state index in [-0.39, 0.29) is 0 Å². The maximum atomic E-state index is 5.91. The molecule has 0 unspecified atom stereocenters. The zero-order valence-electron chi connectivity index (χ0n) is 7.52. The molecule has 3 heteroatoms. The van der Waals surface area contributed by atoms with Crippen molar-refractivity contribution in [2.45, 2.75) is 12.7 Å². The van der Waals surface area contributed by atoms with Crippen LogP contribution in [0.1, 0.15) is 11.1 Å². The number of halogens is 2. The van der Waals surface area contributed by atoms with E-state index in [1.54, 1.807) is 0 Å². The molecule has 13 heavy (non-hydrogen) atoms. The minimum absolute atomic E-state index is 0.719. The molecule has 0 aromatic heterocycles. The Morgan fingerprint density at radius 3 is 2.77 bits per heavy atom. The summed E-state index contributed by atoms with van der Waals surface area (Å²) in [4.78, 5) is 0. The molecule has 0 saturated carbocycles. The molecular weight excluding hydrogens is 223 g/mol. The lowest BCUT2D eigenvalue weighted by atomic mass is 10.2. The van der Waals surface area contributed by atoms with E-state index in [2.05, 4.69) is 12.1 Å². The Kier molecular flexibility index (Phi) is 5.00. The number of thioether (sulfide) groups is 1. The van der Waals surface area contributed by atoms with Crippen LogP contribution >= 0.6 is 35.0 Å². The summed E-state index contributed by atoms with van der Waals surface area (Å²) in [5.74, 6) is 2.74. The minimum Gasteiger partial charge on any atom is -0.156 e. The summed E-state index contributed by atoms with van der Waals surface area (Å²) in [5, 5.41) is 0.839. The summed E-state index contributed by atoms with van der Waals surface area (Å²) in [5.41, 5.74) is 2.46. The van der Waals surface area contributed by atoms with E-state index in [9.17, 15) is 0 Å². The Morgan fingerprint density at radius 2 is 2.15 bits per heavy atom. The van der Waals surface area contributed by atoms with Gasteiger partial charge in [-0.2, -0.15) is 11.8 Å². The summed E-state index contributed by atoms with van der Waals surface area (Å²) in [6.45, 7) is 2.03. The molecule has 0 atom stereocenters. The average Bonchev–Trinajstić information content (AvgIpc) is 2.12. The van der Waals surface area contributed by atoms with Crippen molar-refractivity contribution in [1.82, 2.24) is 0 Å². The van der Waals surface area contributed by atoms with Crippen molar-refractivity contribution in [2.75, 3.05) is 11.6 Å². The normalized spacial score (nSPS) is 10.4. The van der Waals surface area contributed by atoms with Crippen LogP contribution in [0.15, 0.2) is 18.2 Å². The Hall–Kier alpha value is 0.150. The van der Waals surface area contributed by atoms with Gasteiger partial charge in [0.1, 0.15) is 0 Å². The van der Waals surface area contributed by atoms with Gasteiger partial charge in [-0.3, -0.25) is 0 Å². The van der Waals surface area contributed by atoms with Gasteiger partial charge < -0.3 is 0 Å². The fourth-order valence-corrected chi connectivity index (χ4v) is 2.15. The van der Waals surface area contributed by atoms with Crippen molar-refractivity contribution in [2.24, 2.45) is 0 Å². The second-order valence-corrected chi connectivity index (χ2v) is 4.72.